The second kappa shape index (κ2) is 4.74. The van der Waals surface area contributed by atoms with Gasteiger partial charge >= 0.3 is 0 Å². The largest absolute Gasteiger partial charge is 0.501 e. The summed E-state index contributed by atoms with van der Waals surface area (Å²) in [4.78, 5) is 0. The van der Waals surface area contributed by atoms with E-state index in [0.29, 0.717) is 17.9 Å². The predicted octanol–water partition coefficient (Wildman–Crippen LogP) is 1.92. The quantitative estimate of drug-likeness (QED) is 0.799. The van der Waals surface area contributed by atoms with E-state index in [-0.39, 0.29) is 0 Å². The first-order chi connectivity index (χ1) is 8.59. The maximum absolute atomic E-state index is 6.42. The minimum Gasteiger partial charge on any atom is -0.501 e. The third kappa shape index (κ3) is 2.19. The van der Waals surface area contributed by atoms with Crippen molar-refractivity contribution in [3.8, 4) is 5.75 Å². The monoisotopic (exact) mass is 246 g/mol. The van der Waals surface area contributed by atoms with Crippen molar-refractivity contribution in [2.45, 2.75) is 12.0 Å². The van der Waals surface area contributed by atoms with Crippen LogP contribution in [0.2, 0.25) is 0 Å². The van der Waals surface area contributed by atoms with Crippen molar-refractivity contribution in [2.24, 2.45) is 5.73 Å². The molecule has 18 heavy (non-hydrogen) atoms. The number of allylic oxidation sites excluding steroid dienone is 2. The van der Waals surface area contributed by atoms with Gasteiger partial charge in [0.15, 0.2) is 0 Å². The van der Waals surface area contributed by atoms with E-state index in [2.05, 4.69) is 0 Å². The summed E-state index contributed by atoms with van der Waals surface area (Å²) in [5.41, 5.74) is 13.2. The molecule has 1 aromatic carbocycles. The van der Waals surface area contributed by atoms with E-state index in [4.69, 9.17) is 20.9 Å². The lowest BCUT2D eigenvalue weighted by atomic mass is 9.84. The summed E-state index contributed by atoms with van der Waals surface area (Å²) in [6, 6.07) is 5.60. The Morgan fingerprint density at radius 1 is 1.22 bits per heavy atom. The fourth-order valence-electron chi connectivity index (χ4n) is 2.07. The van der Waals surface area contributed by atoms with E-state index in [1.54, 1.807) is 20.3 Å². The van der Waals surface area contributed by atoms with Crippen molar-refractivity contribution >= 4 is 5.69 Å². The molecule has 1 aliphatic rings. The molecule has 0 spiro atoms. The summed E-state index contributed by atoms with van der Waals surface area (Å²) in [5, 5.41) is 0. The fourth-order valence-corrected chi connectivity index (χ4v) is 2.07. The smallest absolute Gasteiger partial charge is 0.142 e. The summed E-state index contributed by atoms with van der Waals surface area (Å²) < 4.78 is 10.5. The van der Waals surface area contributed by atoms with Gasteiger partial charge in [0, 0.05) is 6.42 Å². The number of methoxy groups -OCH3 is 2. The van der Waals surface area contributed by atoms with Crippen LogP contribution in [0.25, 0.3) is 0 Å². The van der Waals surface area contributed by atoms with Gasteiger partial charge in [0.1, 0.15) is 5.75 Å². The second-order valence-corrected chi connectivity index (χ2v) is 4.37. The van der Waals surface area contributed by atoms with Gasteiger partial charge < -0.3 is 20.9 Å². The van der Waals surface area contributed by atoms with E-state index in [1.165, 1.54) is 0 Å². The lowest BCUT2D eigenvalue weighted by molar-refractivity contribution is 0.257. The average molecular weight is 246 g/mol. The summed E-state index contributed by atoms with van der Waals surface area (Å²) >= 11 is 0. The standard InChI is InChI=1S/C14H18N2O2/c1-17-11-4-3-7-14(16,9-11)10-5-6-12(15)13(8-10)18-2/h3-8H,9,15-16H2,1-2H3. The van der Waals surface area contributed by atoms with E-state index in [0.717, 1.165) is 11.3 Å². The molecule has 4 nitrogen and oxygen atoms in total. The first-order valence-electron chi connectivity index (χ1n) is 5.74. The number of hydrogen-bond donors (Lipinski definition) is 2. The molecule has 4 heteroatoms. The van der Waals surface area contributed by atoms with Crippen molar-refractivity contribution in [1.29, 1.82) is 0 Å². The fraction of sp³-hybridized carbons (Fsp3) is 0.286. The molecular weight excluding hydrogens is 228 g/mol. The van der Waals surface area contributed by atoms with Crippen LogP contribution in [-0.2, 0) is 10.3 Å². The van der Waals surface area contributed by atoms with Gasteiger partial charge in [0.05, 0.1) is 31.2 Å². The SMILES string of the molecule is COC1=CC=CC(N)(c2ccc(N)c(OC)c2)C1. The maximum atomic E-state index is 6.42. The molecule has 2 rings (SSSR count). The van der Waals surface area contributed by atoms with Crippen LogP contribution in [0.1, 0.15) is 12.0 Å². The van der Waals surface area contributed by atoms with Gasteiger partial charge in [0.2, 0.25) is 0 Å². The summed E-state index contributed by atoms with van der Waals surface area (Å²) in [5.74, 6) is 1.50. The highest BCUT2D eigenvalue weighted by Gasteiger charge is 2.28. The molecule has 1 aromatic rings. The van der Waals surface area contributed by atoms with Crippen LogP contribution in [0.3, 0.4) is 0 Å². The van der Waals surface area contributed by atoms with Crippen LogP contribution in [0, 0.1) is 0 Å². The minimum atomic E-state index is -0.582. The van der Waals surface area contributed by atoms with Gasteiger partial charge in [-0.3, -0.25) is 0 Å². The van der Waals surface area contributed by atoms with Crippen LogP contribution >= 0.6 is 0 Å². The molecule has 0 heterocycles. The van der Waals surface area contributed by atoms with Crippen molar-refractivity contribution in [3.05, 3.63) is 47.7 Å². The van der Waals surface area contributed by atoms with Crippen molar-refractivity contribution < 1.29 is 9.47 Å². The third-order valence-electron chi connectivity index (χ3n) is 3.18. The Labute approximate surface area is 107 Å². The maximum Gasteiger partial charge on any atom is 0.142 e. The van der Waals surface area contributed by atoms with Gasteiger partial charge in [-0.1, -0.05) is 18.2 Å². The lowest BCUT2D eigenvalue weighted by Crippen LogP contribution is -2.36. The number of anilines is 1. The molecule has 0 amide bonds. The third-order valence-corrected chi connectivity index (χ3v) is 3.18. The number of nitrogens with two attached hydrogens (primary N) is 2. The summed E-state index contributed by atoms with van der Waals surface area (Å²) in [6.45, 7) is 0. The number of nitrogen functional groups attached to an aromatic ring is 1. The van der Waals surface area contributed by atoms with Gasteiger partial charge in [0.25, 0.3) is 0 Å². The topological polar surface area (TPSA) is 70.5 Å². The molecule has 0 saturated heterocycles. The molecule has 0 fully saturated rings. The van der Waals surface area contributed by atoms with E-state index in [9.17, 15) is 0 Å². The Morgan fingerprint density at radius 3 is 2.67 bits per heavy atom. The molecule has 0 aromatic heterocycles. The van der Waals surface area contributed by atoms with Crippen LogP contribution < -0.4 is 16.2 Å². The van der Waals surface area contributed by atoms with Crippen molar-refractivity contribution in [3.63, 3.8) is 0 Å². The first-order valence-corrected chi connectivity index (χ1v) is 5.74. The summed E-state index contributed by atoms with van der Waals surface area (Å²) in [6.07, 6.45) is 6.40. The predicted molar refractivity (Wildman–Crippen MR) is 72.1 cm³/mol. The normalized spacial score (nSPS) is 22.5. The van der Waals surface area contributed by atoms with Gasteiger partial charge in [-0.05, 0) is 23.8 Å². The summed E-state index contributed by atoms with van der Waals surface area (Å²) in [7, 11) is 3.24. The van der Waals surface area contributed by atoms with Gasteiger partial charge in [-0.2, -0.15) is 0 Å². The Morgan fingerprint density at radius 2 is 2.00 bits per heavy atom. The Kier molecular flexibility index (Phi) is 3.30. The zero-order chi connectivity index (χ0) is 13.2. The van der Waals surface area contributed by atoms with Crippen LogP contribution in [0.15, 0.2) is 42.2 Å². The van der Waals surface area contributed by atoms with Crippen LogP contribution in [-0.4, -0.2) is 14.2 Å². The molecule has 0 saturated carbocycles. The van der Waals surface area contributed by atoms with Crippen LogP contribution in [0.5, 0.6) is 5.75 Å². The minimum absolute atomic E-state index is 0.582. The van der Waals surface area contributed by atoms with Gasteiger partial charge in [-0.15, -0.1) is 0 Å². The zero-order valence-electron chi connectivity index (χ0n) is 10.6. The Balaban J connectivity index is 2.37. The molecule has 1 atom stereocenters. The van der Waals surface area contributed by atoms with Crippen LogP contribution in [0.4, 0.5) is 5.69 Å². The molecule has 0 bridgehead atoms. The Bertz CT molecular complexity index is 509. The first kappa shape index (κ1) is 12.5. The number of hydrogen-bond acceptors (Lipinski definition) is 4. The molecule has 4 N–H and O–H groups in total. The molecule has 1 aliphatic carbocycles. The van der Waals surface area contributed by atoms with Crippen molar-refractivity contribution in [2.75, 3.05) is 20.0 Å². The van der Waals surface area contributed by atoms with Gasteiger partial charge in [-0.25, -0.2) is 0 Å². The van der Waals surface area contributed by atoms with E-state index in [1.807, 2.05) is 30.4 Å². The number of rotatable bonds is 3. The number of benzene rings is 1. The molecule has 1 unspecified atom stereocenters. The molecule has 0 aliphatic heterocycles. The van der Waals surface area contributed by atoms with Crippen molar-refractivity contribution in [1.82, 2.24) is 0 Å². The Hall–Kier alpha value is -1.94. The highest BCUT2D eigenvalue weighted by atomic mass is 16.5. The molecular formula is C14H18N2O2. The highest BCUT2D eigenvalue weighted by molar-refractivity contribution is 5.56. The zero-order valence-corrected chi connectivity index (χ0v) is 10.6. The van der Waals surface area contributed by atoms with E-state index < -0.39 is 5.54 Å². The molecule has 0 radical (unpaired) electrons. The second-order valence-electron chi connectivity index (χ2n) is 4.37. The lowest BCUT2D eigenvalue weighted by Gasteiger charge is -2.30. The average Bonchev–Trinajstić information content (AvgIpc) is 2.39. The highest BCUT2D eigenvalue weighted by Crippen LogP contribution is 2.34. The molecule has 96 valence electrons. The van der Waals surface area contributed by atoms with E-state index >= 15 is 0 Å². The number of ether oxygens (including phenoxy) is 2.